The van der Waals surface area contributed by atoms with Crippen LogP contribution in [-0.2, 0) is 4.79 Å². The minimum atomic E-state index is 0.144. The molecule has 5 rings (SSSR count). The number of hydrogen-bond acceptors (Lipinski definition) is 2. The predicted octanol–water partition coefficient (Wildman–Crippen LogP) is 5.87. The molecule has 0 aromatic heterocycles. The van der Waals surface area contributed by atoms with Crippen LogP contribution in [0.4, 0.5) is 0 Å². The van der Waals surface area contributed by atoms with Gasteiger partial charge >= 0.3 is 0 Å². The third-order valence-corrected chi connectivity index (χ3v) is 9.41. The van der Waals surface area contributed by atoms with Gasteiger partial charge in [0.15, 0.2) is 11.6 Å². The lowest BCUT2D eigenvalue weighted by atomic mass is 9.46. The van der Waals surface area contributed by atoms with Crippen LogP contribution in [0.15, 0.2) is 42.5 Å². The van der Waals surface area contributed by atoms with E-state index in [4.69, 9.17) is 0 Å². The van der Waals surface area contributed by atoms with Crippen LogP contribution in [0.5, 0.6) is 0 Å². The summed E-state index contributed by atoms with van der Waals surface area (Å²) in [6, 6.07) is 9.93. The quantitative estimate of drug-likeness (QED) is 0.605. The molecule has 0 heterocycles. The van der Waals surface area contributed by atoms with Crippen LogP contribution in [0.1, 0.15) is 69.2 Å². The Hall–Kier alpha value is -1.70. The maximum Gasteiger partial charge on any atom is 0.166 e. The highest BCUT2D eigenvalue weighted by Gasteiger charge is 2.60. The topological polar surface area (TPSA) is 34.1 Å². The summed E-state index contributed by atoms with van der Waals surface area (Å²) in [6.07, 6.45) is 11.9. The molecule has 0 unspecified atom stereocenters. The van der Waals surface area contributed by atoms with Gasteiger partial charge < -0.3 is 0 Å². The van der Waals surface area contributed by atoms with Crippen molar-refractivity contribution >= 4 is 11.6 Å². The lowest BCUT2D eigenvalue weighted by Gasteiger charge is -2.58. The number of hydrogen-bond donors (Lipinski definition) is 0. The molecule has 148 valence electrons. The minimum absolute atomic E-state index is 0.144. The van der Waals surface area contributed by atoms with E-state index in [1.807, 2.05) is 36.4 Å². The largest absolute Gasteiger partial charge is 0.295 e. The van der Waals surface area contributed by atoms with Crippen molar-refractivity contribution in [1.29, 1.82) is 0 Å². The van der Waals surface area contributed by atoms with Crippen molar-refractivity contribution in [1.82, 2.24) is 0 Å². The Morgan fingerprint density at radius 1 is 0.964 bits per heavy atom. The Kier molecular flexibility index (Phi) is 4.19. The maximum absolute atomic E-state index is 13.3. The first-order chi connectivity index (χ1) is 13.4. The zero-order valence-corrected chi connectivity index (χ0v) is 17.2. The number of ketones is 2. The first kappa shape index (κ1) is 18.3. The summed E-state index contributed by atoms with van der Waals surface area (Å²) in [6.45, 7) is 4.84. The maximum atomic E-state index is 13.3. The fourth-order valence-corrected chi connectivity index (χ4v) is 7.87. The molecule has 28 heavy (non-hydrogen) atoms. The molecule has 3 fully saturated rings. The first-order valence-electron chi connectivity index (χ1n) is 11.2. The number of carbonyl (C=O) groups is 2. The van der Waals surface area contributed by atoms with E-state index in [2.05, 4.69) is 19.9 Å². The van der Waals surface area contributed by atoms with Crippen molar-refractivity contribution in [3.05, 3.63) is 48.0 Å². The average molecular weight is 377 g/mol. The molecule has 0 saturated heterocycles. The molecule has 3 saturated carbocycles. The fourth-order valence-electron chi connectivity index (χ4n) is 7.87. The van der Waals surface area contributed by atoms with E-state index in [1.54, 1.807) is 0 Å². The van der Waals surface area contributed by atoms with Crippen LogP contribution in [0, 0.1) is 40.4 Å². The van der Waals surface area contributed by atoms with E-state index < -0.39 is 0 Å². The normalized spacial score (nSPS) is 44.5. The van der Waals surface area contributed by atoms with Crippen molar-refractivity contribution in [2.24, 2.45) is 40.4 Å². The average Bonchev–Trinajstić information content (AvgIpc) is 3.06. The van der Waals surface area contributed by atoms with E-state index >= 15 is 0 Å². The molecule has 0 radical (unpaired) electrons. The second kappa shape index (κ2) is 6.40. The van der Waals surface area contributed by atoms with Gasteiger partial charge in [0.25, 0.3) is 0 Å². The van der Waals surface area contributed by atoms with E-state index in [0.29, 0.717) is 35.2 Å². The molecule has 2 heteroatoms. The van der Waals surface area contributed by atoms with Gasteiger partial charge in [-0.1, -0.05) is 50.3 Å². The summed E-state index contributed by atoms with van der Waals surface area (Å²) in [7, 11) is 0. The summed E-state index contributed by atoms with van der Waals surface area (Å²) >= 11 is 0. The predicted molar refractivity (Wildman–Crippen MR) is 111 cm³/mol. The monoisotopic (exact) mass is 376 g/mol. The molecule has 2 nitrogen and oxygen atoms in total. The smallest absolute Gasteiger partial charge is 0.166 e. The van der Waals surface area contributed by atoms with E-state index in [0.717, 1.165) is 24.8 Å². The molecule has 1 aromatic rings. The lowest BCUT2D eigenvalue weighted by molar-refractivity contribution is -0.122. The van der Waals surface area contributed by atoms with Gasteiger partial charge in [-0.05, 0) is 79.1 Å². The van der Waals surface area contributed by atoms with Crippen LogP contribution >= 0.6 is 0 Å². The number of allylic oxidation sites excluding steroid dienone is 2. The van der Waals surface area contributed by atoms with Crippen LogP contribution in [0.2, 0.25) is 0 Å². The highest BCUT2D eigenvalue weighted by Crippen LogP contribution is 2.66. The number of benzene rings is 1. The van der Waals surface area contributed by atoms with Crippen LogP contribution in [-0.4, -0.2) is 11.6 Å². The Bertz CT molecular complexity index is 824. The van der Waals surface area contributed by atoms with Crippen molar-refractivity contribution in [3.63, 3.8) is 0 Å². The second-order valence-corrected chi connectivity index (χ2v) is 10.4. The van der Waals surface area contributed by atoms with Gasteiger partial charge in [0.2, 0.25) is 0 Å². The molecule has 7 atom stereocenters. The molecule has 0 aliphatic heterocycles. The number of fused-ring (bicyclic) bond motifs is 5. The summed E-state index contributed by atoms with van der Waals surface area (Å²) < 4.78 is 0. The standard InChI is InChI=1S/C26H32O2/c1-25-14-12-19(27)16-18(25)8-9-20-21-10-11-23(26(21,2)15-13-22(20)25)24(28)17-6-4-3-5-7-17/h3-7,12,14,18,20-23H,8-11,13,15-16H2,1-2H3/t18-,20-,21-,22-,23+,25-,26-/m0/s1. The van der Waals surface area contributed by atoms with Crippen molar-refractivity contribution in [3.8, 4) is 0 Å². The van der Waals surface area contributed by atoms with Crippen molar-refractivity contribution in [2.75, 3.05) is 0 Å². The summed E-state index contributed by atoms with van der Waals surface area (Å²) in [5.41, 5.74) is 1.21. The lowest BCUT2D eigenvalue weighted by Crippen LogP contribution is -2.52. The van der Waals surface area contributed by atoms with Crippen LogP contribution in [0.25, 0.3) is 0 Å². The molecule has 0 spiro atoms. The van der Waals surface area contributed by atoms with Gasteiger partial charge in [0, 0.05) is 17.9 Å². The molecule has 0 N–H and O–H groups in total. The Morgan fingerprint density at radius 2 is 1.75 bits per heavy atom. The fraction of sp³-hybridized carbons (Fsp3) is 0.615. The van der Waals surface area contributed by atoms with E-state index in [-0.39, 0.29) is 16.7 Å². The Labute approximate surface area is 168 Å². The van der Waals surface area contributed by atoms with E-state index in [9.17, 15) is 9.59 Å². The molecule has 4 aliphatic carbocycles. The van der Waals surface area contributed by atoms with Crippen molar-refractivity contribution < 1.29 is 9.59 Å². The SMILES string of the molecule is C[C@]12C=CC(=O)C[C@@H]1CC[C@@H]1[C@@H]2CC[C@]2(C)[C@@H](C(=O)c3ccccc3)CC[C@@H]12. The molecular formula is C26H32O2. The summed E-state index contributed by atoms with van der Waals surface area (Å²) in [5, 5.41) is 0. The van der Waals surface area contributed by atoms with E-state index in [1.165, 1.54) is 25.7 Å². The number of rotatable bonds is 2. The molecule has 0 amide bonds. The Balaban J connectivity index is 1.44. The van der Waals surface area contributed by atoms with Gasteiger partial charge in [-0.25, -0.2) is 0 Å². The van der Waals surface area contributed by atoms with Gasteiger partial charge in [-0.2, -0.15) is 0 Å². The van der Waals surface area contributed by atoms with Crippen LogP contribution < -0.4 is 0 Å². The number of carbonyl (C=O) groups excluding carboxylic acids is 2. The summed E-state index contributed by atoms with van der Waals surface area (Å²) in [4.78, 5) is 25.3. The molecule has 1 aromatic carbocycles. The minimum Gasteiger partial charge on any atom is -0.295 e. The third kappa shape index (κ3) is 2.52. The summed E-state index contributed by atoms with van der Waals surface area (Å²) in [5.74, 6) is 3.44. The van der Waals surface area contributed by atoms with Gasteiger partial charge in [0.1, 0.15) is 0 Å². The Morgan fingerprint density at radius 3 is 2.54 bits per heavy atom. The molecule has 0 bridgehead atoms. The third-order valence-electron chi connectivity index (χ3n) is 9.41. The van der Waals surface area contributed by atoms with Crippen LogP contribution in [0.3, 0.4) is 0 Å². The van der Waals surface area contributed by atoms with Gasteiger partial charge in [0.05, 0.1) is 0 Å². The van der Waals surface area contributed by atoms with Crippen molar-refractivity contribution in [2.45, 2.75) is 58.8 Å². The second-order valence-electron chi connectivity index (χ2n) is 10.4. The van der Waals surface area contributed by atoms with Gasteiger partial charge in [-0.15, -0.1) is 0 Å². The molecule has 4 aliphatic rings. The number of Topliss-reactive ketones (excluding diaryl/α,β-unsaturated/α-hetero) is 1. The van der Waals surface area contributed by atoms with Gasteiger partial charge in [-0.3, -0.25) is 9.59 Å². The highest BCUT2D eigenvalue weighted by molar-refractivity contribution is 5.98. The highest BCUT2D eigenvalue weighted by atomic mass is 16.1. The first-order valence-corrected chi connectivity index (χ1v) is 11.2. The molecular weight excluding hydrogens is 344 g/mol. The zero-order chi connectivity index (χ0) is 19.5. The zero-order valence-electron chi connectivity index (χ0n) is 17.2.